The van der Waals surface area contributed by atoms with Crippen molar-refractivity contribution in [2.45, 2.75) is 103 Å². The van der Waals surface area contributed by atoms with Crippen LogP contribution in [0.2, 0.25) is 0 Å². The number of hydrogen-bond donors (Lipinski definition) is 1. The minimum Gasteiger partial charge on any atom is -0.497 e. The zero-order valence-corrected chi connectivity index (χ0v) is 26.5. The number of aldehydes is 1. The molecule has 1 saturated heterocycles. The number of aromatic nitrogens is 1. The first-order valence-electron chi connectivity index (χ1n) is 15.4. The third-order valence-electron chi connectivity index (χ3n) is 9.68. The largest absolute Gasteiger partial charge is 0.497 e. The molecule has 1 aromatic heterocycles. The van der Waals surface area contributed by atoms with Crippen LogP contribution in [-0.4, -0.2) is 65.6 Å². The van der Waals surface area contributed by atoms with Crippen molar-refractivity contribution in [3.8, 4) is 11.6 Å². The van der Waals surface area contributed by atoms with Gasteiger partial charge >= 0.3 is 6.09 Å². The number of alkyl carbamates (subject to hydrolysis) is 1. The van der Waals surface area contributed by atoms with E-state index in [-0.39, 0.29) is 30.3 Å². The van der Waals surface area contributed by atoms with Gasteiger partial charge in [-0.25, -0.2) is 18.6 Å². The Labute approximate surface area is 257 Å². The van der Waals surface area contributed by atoms with E-state index in [1.807, 2.05) is 27.7 Å². The van der Waals surface area contributed by atoms with Gasteiger partial charge in [-0.2, -0.15) is 0 Å². The molecule has 5 rings (SSSR count). The highest BCUT2D eigenvalue weighted by molar-refractivity contribution is 5.89. The molecular formula is C33H43F2N3O6. The van der Waals surface area contributed by atoms with Crippen LogP contribution in [-0.2, 0) is 20.2 Å². The predicted octanol–water partition coefficient (Wildman–Crippen LogP) is 5.93. The average molecular weight is 616 g/mol. The molecule has 2 aromatic rings. The molecule has 1 saturated carbocycles. The van der Waals surface area contributed by atoms with Gasteiger partial charge in [0.2, 0.25) is 11.8 Å². The lowest BCUT2D eigenvalue weighted by molar-refractivity contribution is -0.139. The number of alkyl halides is 2. The van der Waals surface area contributed by atoms with E-state index < -0.39 is 59.5 Å². The van der Waals surface area contributed by atoms with Crippen LogP contribution in [0.15, 0.2) is 18.2 Å². The summed E-state index contributed by atoms with van der Waals surface area (Å²) >= 11 is 0. The number of aryl methyl sites for hydroxylation is 1. The number of nitrogens with zero attached hydrogens (tertiary/aromatic N) is 2. The molecule has 2 bridgehead atoms. The maximum Gasteiger partial charge on any atom is 0.408 e. The molecule has 2 amide bonds. The van der Waals surface area contributed by atoms with Crippen LogP contribution in [0.3, 0.4) is 0 Å². The number of carbonyl (C=O) groups is 3. The van der Waals surface area contributed by atoms with Gasteiger partial charge in [0.1, 0.15) is 29.8 Å². The van der Waals surface area contributed by atoms with Crippen LogP contribution in [0, 0.1) is 24.2 Å². The molecule has 2 fully saturated rings. The molecule has 1 aromatic carbocycles. The SMILES string of the molecule is COc1ccc2c(C)c3c(nc2c1)O[C@H]1CN(C(=O)[C@H](C(C)(C)C)NC(=O)O[C@]2(C)C[C@H]2CCCCC3(F)F)[C@H](C=O)[C@@H]1C. The number of fused-ring (bicyclic) bond motifs is 5. The molecule has 0 unspecified atom stereocenters. The van der Waals surface area contributed by atoms with Crippen LogP contribution < -0.4 is 14.8 Å². The maximum atomic E-state index is 16.2. The van der Waals surface area contributed by atoms with Gasteiger partial charge in [0.25, 0.3) is 5.92 Å². The first-order chi connectivity index (χ1) is 20.6. The Morgan fingerprint density at radius 2 is 1.93 bits per heavy atom. The summed E-state index contributed by atoms with van der Waals surface area (Å²) in [4.78, 5) is 45.4. The fourth-order valence-corrected chi connectivity index (χ4v) is 6.73. The first kappa shape index (κ1) is 31.9. The topological polar surface area (TPSA) is 107 Å². The molecule has 1 aliphatic carbocycles. The number of amides is 2. The van der Waals surface area contributed by atoms with E-state index in [2.05, 4.69) is 10.3 Å². The fourth-order valence-electron chi connectivity index (χ4n) is 6.73. The number of pyridine rings is 1. The lowest BCUT2D eigenvalue weighted by Gasteiger charge is -2.35. The summed E-state index contributed by atoms with van der Waals surface area (Å²) in [7, 11) is 1.52. The van der Waals surface area contributed by atoms with Crippen molar-refractivity contribution in [1.82, 2.24) is 15.2 Å². The third kappa shape index (κ3) is 5.94. The van der Waals surface area contributed by atoms with E-state index in [1.54, 1.807) is 32.0 Å². The number of nitrogens with one attached hydrogen (secondary N) is 1. The Balaban J connectivity index is 1.59. The Morgan fingerprint density at radius 3 is 2.59 bits per heavy atom. The van der Waals surface area contributed by atoms with E-state index in [0.717, 1.165) is 0 Å². The summed E-state index contributed by atoms with van der Waals surface area (Å²) in [5.41, 5.74) is -0.927. The van der Waals surface area contributed by atoms with Crippen LogP contribution in [0.25, 0.3) is 10.9 Å². The molecule has 3 heterocycles. The fraction of sp³-hybridized carbons (Fsp3) is 0.636. The zero-order valence-electron chi connectivity index (χ0n) is 26.5. The van der Waals surface area contributed by atoms with E-state index in [4.69, 9.17) is 14.2 Å². The number of ether oxygens (including phenoxy) is 3. The minimum atomic E-state index is -3.26. The van der Waals surface area contributed by atoms with Crippen LogP contribution in [0.1, 0.15) is 77.8 Å². The summed E-state index contributed by atoms with van der Waals surface area (Å²) in [6.45, 7) is 10.6. The highest BCUT2D eigenvalue weighted by Gasteiger charge is 2.54. The average Bonchev–Trinajstić information content (AvgIpc) is 3.47. The Kier molecular flexibility index (Phi) is 8.31. The van der Waals surface area contributed by atoms with E-state index in [9.17, 15) is 14.4 Å². The van der Waals surface area contributed by atoms with Crippen molar-refractivity contribution < 1.29 is 37.4 Å². The number of benzene rings is 1. The molecule has 0 radical (unpaired) electrons. The number of methoxy groups -OCH3 is 1. The summed E-state index contributed by atoms with van der Waals surface area (Å²) in [5.74, 6) is -3.91. The van der Waals surface area contributed by atoms with Gasteiger partial charge in [0.15, 0.2) is 0 Å². The van der Waals surface area contributed by atoms with Crippen molar-refractivity contribution >= 4 is 29.2 Å². The van der Waals surface area contributed by atoms with Gasteiger partial charge in [-0.3, -0.25) is 4.79 Å². The molecule has 0 spiro atoms. The second-order valence-corrected chi connectivity index (χ2v) is 13.9. The van der Waals surface area contributed by atoms with Crippen LogP contribution in [0.5, 0.6) is 11.6 Å². The summed E-state index contributed by atoms with van der Waals surface area (Å²) < 4.78 is 49.8. The van der Waals surface area contributed by atoms with Gasteiger partial charge in [-0.1, -0.05) is 34.1 Å². The van der Waals surface area contributed by atoms with Gasteiger partial charge in [0.05, 0.1) is 30.8 Å². The molecule has 44 heavy (non-hydrogen) atoms. The zero-order chi connectivity index (χ0) is 32.2. The van der Waals surface area contributed by atoms with Crippen molar-refractivity contribution in [1.29, 1.82) is 0 Å². The highest BCUT2D eigenvalue weighted by Crippen LogP contribution is 2.50. The lowest BCUT2D eigenvalue weighted by atomic mass is 9.85. The second kappa shape index (κ2) is 11.5. The molecule has 2 aliphatic heterocycles. The summed E-state index contributed by atoms with van der Waals surface area (Å²) in [6.07, 6.45) is 0.785. The van der Waals surface area contributed by atoms with Crippen molar-refractivity contribution in [2.75, 3.05) is 13.7 Å². The summed E-state index contributed by atoms with van der Waals surface area (Å²) in [6, 6.07) is 3.20. The summed E-state index contributed by atoms with van der Waals surface area (Å²) in [5, 5.41) is 3.33. The van der Waals surface area contributed by atoms with E-state index >= 15 is 8.78 Å². The monoisotopic (exact) mass is 615 g/mol. The molecule has 9 nitrogen and oxygen atoms in total. The predicted molar refractivity (Wildman–Crippen MR) is 160 cm³/mol. The van der Waals surface area contributed by atoms with Gasteiger partial charge in [-0.05, 0) is 56.2 Å². The third-order valence-corrected chi connectivity index (χ3v) is 9.68. The number of rotatable bonds is 2. The molecule has 1 N–H and O–H groups in total. The molecule has 11 heteroatoms. The first-order valence-corrected chi connectivity index (χ1v) is 15.4. The smallest absolute Gasteiger partial charge is 0.408 e. The highest BCUT2D eigenvalue weighted by atomic mass is 19.3. The second-order valence-electron chi connectivity index (χ2n) is 13.9. The van der Waals surface area contributed by atoms with Gasteiger partial charge < -0.3 is 29.2 Å². The number of carbonyl (C=O) groups excluding carboxylic acids is 3. The maximum absolute atomic E-state index is 16.2. The standard InChI is InChI=1S/C33H43F2N3O6/c1-18-22-12-11-21(42-7)14-23(22)36-28-26(18)33(34,35)13-9-8-10-20-15-32(20,6)44-30(41)37-27(31(3,4)5)29(40)38-16-25(43-28)19(2)24(38)17-39/h11-12,14,17,19-20,24-25,27H,8-10,13,15-16H2,1-7H3,(H,37,41)/t19-,20+,24+,25-,27+,32+/m0/s1. The van der Waals surface area contributed by atoms with E-state index in [0.29, 0.717) is 47.8 Å². The van der Waals surface area contributed by atoms with Gasteiger partial charge in [-0.15, -0.1) is 0 Å². The molecule has 6 atom stereocenters. The number of hydrogen-bond acceptors (Lipinski definition) is 7. The Bertz CT molecular complexity index is 1460. The van der Waals surface area contributed by atoms with Crippen LogP contribution in [0.4, 0.5) is 13.6 Å². The van der Waals surface area contributed by atoms with Crippen molar-refractivity contribution in [3.05, 3.63) is 29.3 Å². The minimum absolute atomic E-state index is 0.0436. The van der Waals surface area contributed by atoms with E-state index in [1.165, 1.54) is 12.0 Å². The number of halogens is 2. The quantitative estimate of drug-likeness (QED) is 0.418. The lowest BCUT2D eigenvalue weighted by Crippen LogP contribution is -2.56. The molecule has 240 valence electrons. The Morgan fingerprint density at radius 1 is 1.20 bits per heavy atom. The van der Waals surface area contributed by atoms with Crippen LogP contribution >= 0.6 is 0 Å². The van der Waals surface area contributed by atoms with Crippen molar-refractivity contribution in [3.63, 3.8) is 0 Å². The molecular weight excluding hydrogens is 572 g/mol. The Hall–Kier alpha value is -3.50. The van der Waals surface area contributed by atoms with Gasteiger partial charge in [0, 0.05) is 29.7 Å². The normalized spacial score (nSPS) is 31.0. The van der Waals surface area contributed by atoms with Crippen molar-refractivity contribution in [2.24, 2.45) is 17.3 Å². The molecule has 3 aliphatic rings.